The number of ether oxygens (including phenoxy) is 1. The van der Waals surface area contributed by atoms with Crippen molar-refractivity contribution in [2.24, 2.45) is 11.3 Å². The molecule has 0 radical (unpaired) electrons. The predicted octanol–water partition coefficient (Wildman–Crippen LogP) is 1.63. The number of nitrogens with zero attached hydrogens (tertiary/aromatic N) is 2. The molecule has 3 heterocycles. The second-order valence-electron chi connectivity index (χ2n) is 5.90. The molecule has 2 saturated heterocycles. The number of halogens is 1. The minimum atomic E-state index is -0.387. The largest absolute Gasteiger partial charge is 0.381 e. The number of aryl methyl sites for hydroxylation is 1. The van der Waals surface area contributed by atoms with Gasteiger partial charge in [0.2, 0.25) is 5.91 Å². The summed E-state index contributed by atoms with van der Waals surface area (Å²) in [6.07, 6.45) is 2.51. The average molecular weight is 310 g/mol. The summed E-state index contributed by atoms with van der Waals surface area (Å²) in [7, 11) is 1.70. The summed E-state index contributed by atoms with van der Waals surface area (Å²) < 4.78 is 5.58. The number of nitrogens with one attached hydrogen (secondary N) is 1. The van der Waals surface area contributed by atoms with Crippen LogP contribution in [-0.4, -0.2) is 44.2 Å². The van der Waals surface area contributed by atoms with Gasteiger partial charge in [0, 0.05) is 38.9 Å². The third kappa shape index (κ3) is 2.28. The van der Waals surface area contributed by atoms with Gasteiger partial charge in [-0.2, -0.15) is 0 Å². The zero-order chi connectivity index (χ0) is 15.0. The van der Waals surface area contributed by atoms with Crippen molar-refractivity contribution in [3.63, 3.8) is 0 Å². The van der Waals surface area contributed by atoms with Gasteiger partial charge >= 0.3 is 0 Å². The molecule has 1 N–H and O–H groups in total. The molecular weight excluding hydrogens is 290 g/mol. The molecule has 1 amide bonds. The van der Waals surface area contributed by atoms with E-state index in [-0.39, 0.29) is 17.2 Å². The molecule has 2 fully saturated rings. The van der Waals surface area contributed by atoms with E-state index in [4.69, 9.17) is 16.3 Å². The molecule has 2 atom stereocenters. The molecule has 5 nitrogen and oxygen atoms in total. The van der Waals surface area contributed by atoms with Crippen molar-refractivity contribution in [2.75, 3.05) is 38.3 Å². The molecule has 0 aliphatic carbocycles. The first-order valence-electron chi connectivity index (χ1n) is 7.24. The van der Waals surface area contributed by atoms with Crippen LogP contribution in [0.3, 0.4) is 0 Å². The molecule has 1 aromatic rings. The van der Waals surface area contributed by atoms with Crippen LogP contribution in [0.5, 0.6) is 0 Å². The van der Waals surface area contributed by atoms with Crippen molar-refractivity contribution in [1.82, 2.24) is 10.3 Å². The van der Waals surface area contributed by atoms with Crippen molar-refractivity contribution in [2.45, 2.75) is 13.3 Å². The standard InChI is InChI=1S/C15H20ClN3O2/c1-10-3-5-18-13(12(10)16)19-7-11-8-21-6-4-15(11,9-19)14(20)17-2/h3,5,11H,4,6-9H2,1-2H3,(H,17,20)/t11-,15+/m1/s1. The summed E-state index contributed by atoms with van der Waals surface area (Å²) in [6, 6.07) is 1.90. The zero-order valence-corrected chi connectivity index (χ0v) is 13.1. The average Bonchev–Trinajstić information content (AvgIpc) is 2.89. The lowest BCUT2D eigenvalue weighted by atomic mass is 9.73. The fourth-order valence-electron chi connectivity index (χ4n) is 3.48. The minimum Gasteiger partial charge on any atom is -0.381 e. The van der Waals surface area contributed by atoms with Gasteiger partial charge in [-0.3, -0.25) is 4.79 Å². The fourth-order valence-corrected chi connectivity index (χ4v) is 3.71. The maximum absolute atomic E-state index is 12.5. The van der Waals surface area contributed by atoms with Crippen molar-refractivity contribution in [3.8, 4) is 0 Å². The Balaban J connectivity index is 1.94. The molecule has 0 unspecified atom stereocenters. The molecule has 0 bridgehead atoms. The number of aromatic nitrogens is 1. The highest BCUT2D eigenvalue weighted by molar-refractivity contribution is 6.33. The molecule has 3 rings (SSSR count). The smallest absolute Gasteiger partial charge is 0.228 e. The molecule has 0 aromatic carbocycles. The Kier molecular flexibility index (Phi) is 3.80. The van der Waals surface area contributed by atoms with Gasteiger partial charge < -0.3 is 15.0 Å². The third-order valence-corrected chi connectivity index (χ3v) is 5.22. The predicted molar refractivity (Wildman–Crippen MR) is 81.6 cm³/mol. The third-order valence-electron chi connectivity index (χ3n) is 4.75. The highest BCUT2D eigenvalue weighted by Gasteiger charge is 2.53. The molecule has 21 heavy (non-hydrogen) atoms. The van der Waals surface area contributed by atoms with Gasteiger partial charge in [0.15, 0.2) is 0 Å². The van der Waals surface area contributed by atoms with Gasteiger partial charge in [0.25, 0.3) is 0 Å². The van der Waals surface area contributed by atoms with Crippen LogP contribution >= 0.6 is 11.6 Å². The molecule has 1 aromatic heterocycles. The van der Waals surface area contributed by atoms with E-state index in [1.165, 1.54) is 0 Å². The lowest BCUT2D eigenvalue weighted by Crippen LogP contribution is -2.49. The monoisotopic (exact) mass is 309 g/mol. The first-order valence-corrected chi connectivity index (χ1v) is 7.62. The quantitative estimate of drug-likeness (QED) is 0.902. The Morgan fingerprint density at radius 1 is 1.62 bits per heavy atom. The highest BCUT2D eigenvalue weighted by Crippen LogP contribution is 2.44. The van der Waals surface area contributed by atoms with Gasteiger partial charge in [-0.25, -0.2) is 4.98 Å². The topological polar surface area (TPSA) is 54.5 Å². The molecule has 114 valence electrons. The van der Waals surface area contributed by atoms with Crippen molar-refractivity contribution >= 4 is 23.3 Å². The summed E-state index contributed by atoms with van der Waals surface area (Å²) in [5.74, 6) is 1.06. The van der Waals surface area contributed by atoms with Crippen molar-refractivity contribution in [3.05, 3.63) is 22.8 Å². The van der Waals surface area contributed by atoms with Gasteiger partial charge in [0.05, 0.1) is 17.0 Å². The SMILES string of the molecule is CNC(=O)[C@]12CCOC[C@H]1CN(c1nccc(C)c1Cl)C2. The van der Waals surface area contributed by atoms with Gasteiger partial charge in [-0.1, -0.05) is 11.6 Å². The summed E-state index contributed by atoms with van der Waals surface area (Å²) in [4.78, 5) is 19.0. The number of fused-ring (bicyclic) bond motifs is 1. The molecule has 0 spiro atoms. The summed E-state index contributed by atoms with van der Waals surface area (Å²) in [6.45, 7) is 4.62. The number of carbonyl (C=O) groups excluding carboxylic acids is 1. The number of carbonyl (C=O) groups is 1. The Morgan fingerprint density at radius 2 is 2.43 bits per heavy atom. The van der Waals surface area contributed by atoms with Crippen LogP contribution < -0.4 is 10.2 Å². The number of hydrogen-bond donors (Lipinski definition) is 1. The summed E-state index contributed by atoms with van der Waals surface area (Å²) in [5.41, 5.74) is 0.615. The van der Waals surface area contributed by atoms with E-state index in [2.05, 4.69) is 15.2 Å². The Morgan fingerprint density at radius 3 is 3.19 bits per heavy atom. The second-order valence-corrected chi connectivity index (χ2v) is 6.28. The van der Waals surface area contributed by atoms with E-state index in [9.17, 15) is 4.79 Å². The molecule has 0 saturated carbocycles. The van der Waals surface area contributed by atoms with Crippen molar-refractivity contribution in [1.29, 1.82) is 0 Å². The molecule has 6 heteroatoms. The fraction of sp³-hybridized carbons (Fsp3) is 0.600. The normalized spacial score (nSPS) is 28.3. The van der Waals surface area contributed by atoms with E-state index in [0.717, 1.165) is 24.3 Å². The molecular formula is C15H20ClN3O2. The number of pyridine rings is 1. The Hall–Kier alpha value is -1.33. The molecule has 2 aliphatic heterocycles. The van der Waals surface area contributed by atoms with E-state index in [1.807, 2.05) is 13.0 Å². The van der Waals surface area contributed by atoms with Gasteiger partial charge in [-0.05, 0) is 25.0 Å². The van der Waals surface area contributed by atoms with E-state index >= 15 is 0 Å². The van der Waals surface area contributed by atoms with E-state index in [1.54, 1.807) is 13.2 Å². The summed E-state index contributed by atoms with van der Waals surface area (Å²) >= 11 is 6.39. The van der Waals surface area contributed by atoms with Gasteiger partial charge in [-0.15, -0.1) is 0 Å². The van der Waals surface area contributed by atoms with Crippen LogP contribution in [0, 0.1) is 18.3 Å². The maximum atomic E-state index is 12.5. The second kappa shape index (κ2) is 5.46. The number of hydrogen-bond acceptors (Lipinski definition) is 4. The van der Waals surface area contributed by atoms with Crippen LogP contribution in [-0.2, 0) is 9.53 Å². The molecule has 2 aliphatic rings. The first-order chi connectivity index (χ1) is 10.1. The van der Waals surface area contributed by atoms with E-state index in [0.29, 0.717) is 24.8 Å². The van der Waals surface area contributed by atoms with Crippen LogP contribution in [0.1, 0.15) is 12.0 Å². The zero-order valence-electron chi connectivity index (χ0n) is 12.4. The number of anilines is 1. The Bertz CT molecular complexity index is 566. The van der Waals surface area contributed by atoms with Gasteiger partial charge in [0.1, 0.15) is 5.82 Å². The lowest BCUT2D eigenvalue weighted by molar-refractivity contribution is -0.138. The van der Waals surface area contributed by atoms with E-state index < -0.39 is 0 Å². The lowest BCUT2D eigenvalue weighted by Gasteiger charge is -2.36. The van der Waals surface area contributed by atoms with Crippen molar-refractivity contribution < 1.29 is 9.53 Å². The van der Waals surface area contributed by atoms with Crippen LogP contribution in [0.2, 0.25) is 5.02 Å². The summed E-state index contributed by atoms with van der Waals surface area (Å²) in [5, 5.41) is 3.49. The maximum Gasteiger partial charge on any atom is 0.228 e. The first kappa shape index (κ1) is 14.6. The van der Waals surface area contributed by atoms with Crippen LogP contribution in [0.4, 0.5) is 5.82 Å². The number of amides is 1. The highest BCUT2D eigenvalue weighted by atomic mass is 35.5. The minimum absolute atomic E-state index is 0.0991. The number of rotatable bonds is 2. The van der Waals surface area contributed by atoms with Crippen LogP contribution in [0.25, 0.3) is 0 Å². The Labute approximate surface area is 129 Å². The van der Waals surface area contributed by atoms with Crippen LogP contribution in [0.15, 0.2) is 12.3 Å².